The van der Waals surface area contributed by atoms with Crippen molar-refractivity contribution in [2.75, 3.05) is 33.9 Å². The quantitative estimate of drug-likeness (QED) is 0.875. The Balaban J connectivity index is 1.98. The highest BCUT2D eigenvalue weighted by molar-refractivity contribution is 6.30. The lowest BCUT2D eigenvalue weighted by atomic mass is 10.1. The van der Waals surface area contributed by atoms with Gasteiger partial charge in [-0.1, -0.05) is 23.7 Å². The van der Waals surface area contributed by atoms with E-state index in [-0.39, 0.29) is 18.1 Å². The SMILES string of the molecule is CN(C)C[C@@H](NC(=O)N[C@H]1CCOC1)c1ccc(Cl)cc1. The minimum absolute atomic E-state index is 0.0837. The summed E-state index contributed by atoms with van der Waals surface area (Å²) in [6, 6.07) is 7.42. The van der Waals surface area contributed by atoms with Crippen LogP contribution in [0.25, 0.3) is 0 Å². The third kappa shape index (κ3) is 5.19. The molecule has 116 valence electrons. The minimum atomic E-state index is -0.160. The van der Waals surface area contributed by atoms with Crippen LogP contribution >= 0.6 is 11.6 Å². The predicted octanol–water partition coefficient (Wildman–Crippen LogP) is 2.03. The first-order chi connectivity index (χ1) is 10.0. The Hall–Kier alpha value is -1.30. The van der Waals surface area contributed by atoms with E-state index in [9.17, 15) is 4.79 Å². The lowest BCUT2D eigenvalue weighted by Crippen LogP contribution is -2.45. The van der Waals surface area contributed by atoms with Gasteiger partial charge in [-0.25, -0.2) is 4.79 Å². The number of nitrogens with zero attached hydrogens (tertiary/aromatic N) is 1. The largest absolute Gasteiger partial charge is 0.379 e. The molecule has 5 nitrogen and oxygen atoms in total. The Labute approximate surface area is 130 Å². The molecule has 1 aromatic carbocycles. The van der Waals surface area contributed by atoms with E-state index in [4.69, 9.17) is 16.3 Å². The van der Waals surface area contributed by atoms with Crippen LogP contribution in [0, 0.1) is 0 Å². The van der Waals surface area contributed by atoms with Gasteiger partial charge in [-0.2, -0.15) is 0 Å². The molecule has 2 amide bonds. The number of carbonyl (C=O) groups is 1. The molecule has 0 aliphatic carbocycles. The molecule has 21 heavy (non-hydrogen) atoms. The van der Waals surface area contributed by atoms with Gasteiger partial charge < -0.3 is 20.3 Å². The van der Waals surface area contributed by atoms with Crippen LogP contribution in [-0.2, 0) is 4.74 Å². The fourth-order valence-corrected chi connectivity index (χ4v) is 2.45. The van der Waals surface area contributed by atoms with Crippen LogP contribution in [0.4, 0.5) is 4.79 Å². The zero-order valence-electron chi connectivity index (χ0n) is 12.4. The van der Waals surface area contributed by atoms with Crippen molar-refractivity contribution < 1.29 is 9.53 Å². The highest BCUT2D eigenvalue weighted by Crippen LogP contribution is 2.17. The molecule has 1 aliphatic heterocycles. The summed E-state index contributed by atoms with van der Waals surface area (Å²) in [5.74, 6) is 0. The molecule has 2 rings (SSSR count). The van der Waals surface area contributed by atoms with Crippen molar-refractivity contribution in [2.45, 2.75) is 18.5 Å². The normalized spacial score (nSPS) is 19.5. The van der Waals surface area contributed by atoms with Gasteiger partial charge in [0.15, 0.2) is 0 Å². The van der Waals surface area contributed by atoms with Gasteiger partial charge in [0.1, 0.15) is 0 Å². The van der Waals surface area contributed by atoms with E-state index in [1.165, 1.54) is 0 Å². The van der Waals surface area contributed by atoms with E-state index in [0.29, 0.717) is 18.2 Å². The molecule has 0 radical (unpaired) electrons. The van der Waals surface area contributed by atoms with E-state index in [1.807, 2.05) is 43.3 Å². The van der Waals surface area contributed by atoms with Gasteiger partial charge in [0.25, 0.3) is 0 Å². The zero-order valence-corrected chi connectivity index (χ0v) is 13.2. The Bertz CT molecular complexity index is 458. The third-order valence-corrected chi connectivity index (χ3v) is 3.64. The molecule has 2 N–H and O–H groups in total. The van der Waals surface area contributed by atoms with Crippen LogP contribution in [0.3, 0.4) is 0 Å². The lowest BCUT2D eigenvalue weighted by Gasteiger charge is -2.24. The van der Waals surface area contributed by atoms with E-state index in [1.54, 1.807) is 0 Å². The van der Waals surface area contributed by atoms with Crippen molar-refractivity contribution in [3.8, 4) is 0 Å². The molecule has 1 aliphatic rings. The van der Waals surface area contributed by atoms with Crippen molar-refractivity contribution in [2.24, 2.45) is 0 Å². The summed E-state index contributed by atoms with van der Waals surface area (Å²) in [4.78, 5) is 14.1. The number of hydrogen-bond donors (Lipinski definition) is 2. The second-order valence-corrected chi connectivity index (χ2v) is 5.98. The minimum Gasteiger partial charge on any atom is -0.379 e. The Morgan fingerprint density at radius 3 is 2.71 bits per heavy atom. The van der Waals surface area contributed by atoms with Gasteiger partial charge in [0.2, 0.25) is 0 Å². The molecule has 0 unspecified atom stereocenters. The van der Waals surface area contributed by atoms with E-state index in [2.05, 4.69) is 10.6 Å². The van der Waals surface area contributed by atoms with E-state index >= 15 is 0 Å². The highest BCUT2D eigenvalue weighted by atomic mass is 35.5. The maximum absolute atomic E-state index is 12.1. The van der Waals surface area contributed by atoms with Gasteiger partial charge in [-0.15, -0.1) is 0 Å². The monoisotopic (exact) mass is 311 g/mol. The van der Waals surface area contributed by atoms with Crippen LogP contribution in [0.2, 0.25) is 5.02 Å². The molecule has 2 atom stereocenters. The second-order valence-electron chi connectivity index (χ2n) is 5.54. The molecular weight excluding hydrogens is 290 g/mol. The van der Waals surface area contributed by atoms with Crippen molar-refractivity contribution >= 4 is 17.6 Å². The van der Waals surface area contributed by atoms with Crippen LogP contribution in [-0.4, -0.2) is 50.8 Å². The standard InChI is InChI=1S/C15H22ClN3O2/c1-19(2)9-14(11-3-5-12(16)6-4-11)18-15(20)17-13-7-8-21-10-13/h3-6,13-14H,7-10H2,1-2H3,(H2,17,18,20)/t13-,14+/m0/s1. The highest BCUT2D eigenvalue weighted by Gasteiger charge is 2.20. The molecule has 1 aromatic rings. The molecule has 0 bridgehead atoms. The Morgan fingerprint density at radius 1 is 1.43 bits per heavy atom. The molecule has 1 saturated heterocycles. The number of benzene rings is 1. The second kappa shape index (κ2) is 7.64. The van der Waals surface area contributed by atoms with Gasteiger partial charge in [-0.05, 0) is 38.2 Å². The molecule has 0 aromatic heterocycles. The Kier molecular flexibility index (Phi) is 5.85. The average molecular weight is 312 g/mol. The van der Waals surface area contributed by atoms with Gasteiger partial charge in [0, 0.05) is 18.2 Å². The van der Waals surface area contributed by atoms with Crippen LogP contribution in [0.15, 0.2) is 24.3 Å². The first kappa shape index (κ1) is 16.1. The molecule has 0 spiro atoms. The maximum Gasteiger partial charge on any atom is 0.315 e. The van der Waals surface area contributed by atoms with E-state index < -0.39 is 0 Å². The summed E-state index contributed by atoms with van der Waals surface area (Å²) < 4.78 is 5.26. The summed E-state index contributed by atoms with van der Waals surface area (Å²) in [5, 5.41) is 6.65. The van der Waals surface area contributed by atoms with Crippen LogP contribution in [0.1, 0.15) is 18.0 Å². The molecule has 1 heterocycles. The van der Waals surface area contributed by atoms with Crippen LogP contribution < -0.4 is 10.6 Å². The molecule has 0 saturated carbocycles. The lowest BCUT2D eigenvalue weighted by molar-refractivity contribution is 0.187. The summed E-state index contributed by atoms with van der Waals surface area (Å²) in [6.45, 7) is 2.02. The van der Waals surface area contributed by atoms with Crippen molar-refractivity contribution in [3.63, 3.8) is 0 Å². The smallest absolute Gasteiger partial charge is 0.315 e. The number of halogens is 1. The van der Waals surface area contributed by atoms with Gasteiger partial charge in [0.05, 0.1) is 18.7 Å². The fraction of sp³-hybridized carbons (Fsp3) is 0.533. The first-order valence-electron chi connectivity index (χ1n) is 7.09. The number of nitrogens with one attached hydrogen (secondary N) is 2. The fourth-order valence-electron chi connectivity index (χ4n) is 2.33. The number of amides is 2. The number of rotatable bonds is 5. The number of hydrogen-bond acceptors (Lipinski definition) is 3. The predicted molar refractivity (Wildman–Crippen MR) is 83.6 cm³/mol. The summed E-state index contributed by atoms with van der Waals surface area (Å²) in [5.41, 5.74) is 1.03. The molecule has 1 fully saturated rings. The van der Waals surface area contributed by atoms with Gasteiger partial charge >= 0.3 is 6.03 Å². The van der Waals surface area contributed by atoms with Crippen LogP contribution in [0.5, 0.6) is 0 Å². The number of ether oxygens (including phenoxy) is 1. The van der Waals surface area contributed by atoms with E-state index in [0.717, 1.165) is 18.5 Å². The van der Waals surface area contributed by atoms with Crippen molar-refractivity contribution in [1.29, 1.82) is 0 Å². The zero-order chi connectivity index (χ0) is 15.2. The van der Waals surface area contributed by atoms with Gasteiger partial charge in [-0.3, -0.25) is 0 Å². The molecule has 6 heteroatoms. The topological polar surface area (TPSA) is 53.6 Å². The van der Waals surface area contributed by atoms with Crippen molar-refractivity contribution in [1.82, 2.24) is 15.5 Å². The molecular formula is C15H22ClN3O2. The van der Waals surface area contributed by atoms with Crippen molar-refractivity contribution in [3.05, 3.63) is 34.9 Å². The Morgan fingerprint density at radius 2 is 2.14 bits per heavy atom. The number of carbonyl (C=O) groups excluding carboxylic acids is 1. The summed E-state index contributed by atoms with van der Waals surface area (Å²) in [6.07, 6.45) is 0.868. The summed E-state index contributed by atoms with van der Waals surface area (Å²) in [7, 11) is 3.96. The number of urea groups is 1. The summed E-state index contributed by atoms with van der Waals surface area (Å²) >= 11 is 5.92. The maximum atomic E-state index is 12.1. The average Bonchev–Trinajstić information content (AvgIpc) is 2.91. The third-order valence-electron chi connectivity index (χ3n) is 3.39. The first-order valence-corrected chi connectivity index (χ1v) is 7.47. The number of likely N-dealkylation sites (N-methyl/N-ethyl adjacent to an activating group) is 1.